The molecule has 0 amide bonds. The molecule has 36 heavy (non-hydrogen) atoms. The van der Waals surface area contributed by atoms with E-state index in [4.69, 9.17) is 0 Å². The van der Waals surface area contributed by atoms with Crippen molar-refractivity contribution in [2.75, 3.05) is 44.2 Å². The van der Waals surface area contributed by atoms with Crippen molar-refractivity contribution in [3.05, 3.63) is 81.8 Å². The van der Waals surface area contributed by atoms with Gasteiger partial charge in [0.05, 0.1) is 42.4 Å². The standard InChI is InChI=1S/C32H41N3S/c1-6-34(7-2)30-16-12-28(13-17-30)14-18-31-20-21-32(36-31)19-15-29-22-25-33(26-23-29)24-11-27-35(8-3,9-4)10-5/h12-13,16-17,20-23,25-26H,6-11,24,27H2,1-5H3/q+2. The van der Waals surface area contributed by atoms with Gasteiger partial charge in [-0.3, -0.25) is 0 Å². The molecular formula is C32H41N3S+2. The molecule has 0 aliphatic rings. The van der Waals surface area contributed by atoms with Gasteiger partial charge < -0.3 is 9.38 Å². The molecule has 0 spiro atoms. The molecular weight excluding hydrogens is 458 g/mol. The second-order valence-electron chi connectivity index (χ2n) is 9.08. The van der Waals surface area contributed by atoms with E-state index in [-0.39, 0.29) is 0 Å². The smallest absolute Gasteiger partial charge is 0.170 e. The number of anilines is 1. The van der Waals surface area contributed by atoms with Gasteiger partial charge in [-0.2, -0.15) is 0 Å². The fraction of sp³-hybridized carbons (Fsp3) is 0.406. The number of thiophene rings is 1. The predicted molar refractivity (Wildman–Crippen MR) is 154 cm³/mol. The third-order valence-corrected chi connectivity index (χ3v) is 8.13. The first kappa shape index (κ1) is 27.5. The van der Waals surface area contributed by atoms with Crippen molar-refractivity contribution in [1.29, 1.82) is 0 Å². The number of aryl methyl sites for hydroxylation is 1. The van der Waals surface area contributed by atoms with E-state index >= 15 is 0 Å². The highest BCUT2D eigenvalue weighted by Crippen LogP contribution is 2.16. The van der Waals surface area contributed by atoms with Crippen LogP contribution in [0.3, 0.4) is 0 Å². The van der Waals surface area contributed by atoms with Gasteiger partial charge in [-0.1, -0.05) is 23.7 Å². The maximum absolute atomic E-state index is 3.30. The van der Waals surface area contributed by atoms with Crippen molar-refractivity contribution in [1.82, 2.24) is 0 Å². The second-order valence-corrected chi connectivity index (χ2v) is 10.2. The number of hydrogen-bond donors (Lipinski definition) is 0. The van der Waals surface area contributed by atoms with E-state index in [1.54, 1.807) is 11.3 Å². The molecule has 3 rings (SSSR count). The maximum atomic E-state index is 3.30. The van der Waals surface area contributed by atoms with Gasteiger partial charge in [0.15, 0.2) is 18.9 Å². The number of quaternary nitrogens is 1. The zero-order valence-electron chi connectivity index (χ0n) is 22.7. The minimum absolute atomic E-state index is 1.01. The van der Waals surface area contributed by atoms with Crippen LogP contribution in [-0.2, 0) is 6.54 Å². The van der Waals surface area contributed by atoms with Gasteiger partial charge in [0.25, 0.3) is 0 Å². The third-order valence-electron chi connectivity index (χ3n) is 7.21. The fourth-order valence-electron chi connectivity index (χ4n) is 4.51. The SMILES string of the molecule is CCN(CC)c1ccc(C#Cc2ccc(C#Cc3cc[n+](CCC[N+](CC)(CC)CC)cc3)s2)cc1. The van der Waals surface area contributed by atoms with Gasteiger partial charge in [-0.05, 0) is 71.0 Å². The summed E-state index contributed by atoms with van der Waals surface area (Å²) < 4.78 is 3.48. The first-order valence-electron chi connectivity index (χ1n) is 13.4. The molecule has 0 unspecified atom stereocenters. The molecule has 0 saturated heterocycles. The number of hydrogen-bond acceptors (Lipinski definition) is 2. The Balaban J connectivity index is 1.55. The van der Waals surface area contributed by atoms with Crippen LogP contribution in [0.25, 0.3) is 0 Å². The highest BCUT2D eigenvalue weighted by Gasteiger charge is 2.20. The summed E-state index contributed by atoms with van der Waals surface area (Å²) in [6, 6.07) is 16.9. The molecule has 0 aliphatic carbocycles. The van der Waals surface area contributed by atoms with E-state index in [0.717, 1.165) is 40.5 Å². The molecule has 0 bridgehead atoms. The Morgan fingerprint density at radius 1 is 0.694 bits per heavy atom. The Hall–Kier alpha value is -3.05. The van der Waals surface area contributed by atoms with E-state index in [9.17, 15) is 0 Å². The molecule has 0 atom stereocenters. The lowest BCUT2D eigenvalue weighted by molar-refractivity contribution is -0.925. The minimum atomic E-state index is 1.01. The van der Waals surface area contributed by atoms with Gasteiger partial charge in [0, 0.05) is 42.0 Å². The number of benzene rings is 1. The van der Waals surface area contributed by atoms with E-state index in [2.05, 4.69) is 129 Å². The molecule has 0 radical (unpaired) electrons. The summed E-state index contributed by atoms with van der Waals surface area (Å²) in [5, 5.41) is 0. The predicted octanol–water partition coefficient (Wildman–Crippen LogP) is 5.95. The summed E-state index contributed by atoms with van der Waals surface area (Å²) >= 11 is 1.65. The van der Waals surface area contributed by atoms with Crippen LogP contribution in [0.15, 0.2) is 60.9 Å². The molecule has 3 nitrogen and oxygen atoms in total. The van der Waals surface area contributed by atoms with Crippen molar-refractivity contribution in [3.63, 3.8) is 0 Å². The van der Waals surface area contributed by atoms with Crippen molar-refractivity contribution in [2.45, 2.75) is 47.6 Å². The molecule has 2 heterocycles. The van der Waals surface area contributed by atoms with E-state index in [1.807, 2.05) is 0 Å². The molecule has 4 heteroatoms. The Labute approximate surface area is 223 Å². The summed E-state index contributed by atoms with van der Waals surface area (Å²) in [7, 11) is 0. The fourth-order valence-corrected chi connectivity index (χ4v) is 5.22. The molecule has 2 aromatic heterocycles. The van der Waals surface area contributed by atoms with Crippen molar-refractivity contribution >= 4 is 17.0 Å². The molecule has 188 valence electrons. The average molecular weight is 500 g/mol. The number of nitrogens with zero attached hydrogens (tertiary/aromatic N) is 3. The monoisotopic (exact) mass is 499 g/mol. The van der Waals surface area contributed by atoms with Crippen LogP contribution in [0, 0.1) is 23.7 Å². The van der Waals surface area contributed by atoms with Gasteiger partial charge in [0.1, 0.15) is 0 Å². The summed E-state index contributed by atoms with van der Waals surface area (Å²) in [4.78, 5) is 4.42. The number of rotatable bonds is 10. The van der Waals surface area contributed by atoms with E-state index in [1.165, 1.54) is 42.8 Å². The van der Waals surface area contributed by atoms with Crippen molar-refractivity contribution in [3.8, 4) is 23.7 Å². The van der Waals surface area contributed by atoms with Gasteiger partial charge in [-0.25, -0.2) is 4.57 Å². The molecule has 0 fully saturated rings. The van der Waals surface area contributed by atoms with Gasteiger partial charge >= 0.3 is 0 Å². The Bertz CT molecular complexity index is 1180. The van der Waals surface area contributed by atoms with Crippen molar-refractivity contribution in [2.24, 2.45) is 0 Å². The first-order chi connectivity index (χ1) is 17.5. The Kier molecular flexibility index (Phi) is 10.6. The van der Waals surface area contributed by atoms with Gasteiger partial charge in [-0.15, -0.1) is 11.3 Å². The lowest BCUT2D eigenvalue weighted by Gasteiger charge is -2.35. The lowest BCUT2D eigenvalue weighted by Crippen LogP contribution is -2.49. The summed E-state index contributed by atoms with van der Waals surface area (Å²) in [6.45, 7) is 19.3. The second kappa shape index (κ2) is 13.9. The highest BCUT2D eigenvalue weighted by molar-refractivity contribution is 7.13. The van der Waals surface area contributed by atoms with Crippen LogP contribution in [0.4, 0.5) is 5.69 Å². The molecule has 0 N–H and O–H groups in total. The number of aromatic nitrogens is 1. The zero-order chi connectivity index (χ0) is 25.8. The van der Waals surface area contributed by atoms with Gasteiger partial charge in [0.2, 0.25) is 0 Å². The summed E-state index contributed by atoms with van der Waals surface area (Å²) in [5.41, 5.74) is 3.33. The molecule has 3 aromatic rings. The Morgan fingerprint density at radius 2 is 1.22 bits per heavy atom. The van der Waals surface area contributed by atoms with Crippen LogP contribution < -0.4 is 9.47 Å². The molecule has 0 aliphatic heterocycles. The van der Waals surface area contributed by atoms with Crippen LogP contribution in [0.1, 0.15) is 61.9 Å². The normalized spacial score (nSPS) is 10.8. The van der Waals surface area contributed by atoms with Crippen LogP contribution in [-0.4, -0.2) is 43.8 Å². The average Bonchev–Trinajstić information content (AvgIpc) is 3.39. The summed E-state index contributed by atoms with van der Waals surface area (Å²) in [5.74, 6) is 13.2. The van der Waals surface area contributed by atoms with Crippen molar-refractivity contribution < 1.29 is 9.05 Å². The lowest BCUT2D eigenvalue weighted by atomic mass is 10.2. The minimum Gasteiger partial charge on any atom is -0.372 e. The summed E-state index contributed by atoms with van der Waals surface area (Å²) in [6.07, 6.45) is 5.50. The Morgan fingerprint density at radius 3 is 1.72 bits per heavy atom. The quantitative estimate of drug-likeness (QED) is 0.190. The topological polar surface area (TPSA) is 7.12 Å². The zero-order valence-corrected chi connectivity index (χ0v) is 23.5. The third kappa shape index (κ3) is 7.72. The van der Waals surface area contributed by atoms with Crippen LogP contribution >= 0.6 is 11.3 Å². The molecule has 1 aromatic carbocycles. The largest absolute Gasteiger partial charge is 0.372 e. The van der Waals surface area contributed by atoms with Crippen LogP contribution in [0.2, 0.25) is 0 Å². The van der Waals surface area contributed by atoms with Crippen LogP contribution in [0.5, 0.6) is 0 Å². The van der Waals surface area contributed by atoms with E-state index in [0.29, 0.717) is 0 Å². The maximum Gasteiger partial charge on any atom is 0.170 e. The highest BCUT2D eigenvalue weighted by atomic mass is 32.1. The number of pyridine rings is 1. The van der Waals surface area contributed by atoms with E-state index < -0.39 is 0 Å². The molecule has 0 saturated carbocycles. The first-order valence-corrected chi connectivity index (χ1v) is 14.2.